The van der Waals surface area contributed by atoms with E-state index in [2.05, 4.69) is 113 Å². The topological polar surface area (TPSA) is 38.7 Å². The summed E-state index contributed by atoms with van der Waals surface area (Å²) >= 11 is 0. The number of rotatable bonds is 12. The summed E-state index contributed by atoms with van der Waals surface area (Å²) in [5.41, 5.74) is 4.66. The van der Waals surface area contributed by atoms with E-state index >= 15 is 0 Å². The fraction of sp³-hybridized carbons (Fsp3) is 0.814. The van der Waals surface area contributed by atoms with E-state index in [4.69, 9.17) is 15.4 Å². The Labute approximate surface area is 299 Å². The van der Waals surface area contributed by atoms with Gasteiger partial charge in [0.05, 0.1) is 18.3 Å². The van der Waals surface area contributed by atoms with Crippen LogP contribution in [-0.4, -0.2) is 40.1 Å². The molecule has 0 aromatic rings. The van der Waals surface area contributed by atoms with Crippen LogP contribution in [0.4, 0.5) is 0 Å². The van der Waals surface area contributed by atoms with Gasteiger partial charge < -0.3 is 14.0 Å². The Morgan fingerprint density at radius 1 is 0.938 bits per heavy atom. The lowest BCUT2D eigenvalue weighted by Crippen LogP contribution is -2.49. The van der Waals surface area contributed by atoms with Crippen LogP contribution < -0.4 is 0 Å². The third-order valence-electron chi connectivity index (χ3n) is 14.6. The lowest BCUT2D eigenvalue weighted by Gasteiger charge is -2.45. The minimum Gasteiger partial charge on any atom is -0.413 e. The van der Waals surface area contributed by atoms with Gasteiger partial charge in [0.25, 0.3) is 0 Å². The fourth-order valence-electron chi connectivity index (χ4n) is 8.91. The van der Waals surface area contributed by atoms with Crippen LogP contribution in [0.25, 0.3) is 0 Å². The molecule has 4 fully saturated rings. The summed E-state index contributed by atoms with van der Waals surface area (Å²) in [6.45, 7) is 35.5. The predicted molar refractivity (Wildman–Crippen MR) is 212 cm³/mol. The molecule has 0 bridgehead atoms. The van der Waals surface area contributed by atoms with Crippen LogP contribution in [0.5, 0.6) is 0 Å². The summed E-state index contributed by atoms with van der Waals surface area (Å²) in [5.74, 6) is 1.81. The summed E-state index contributed by atoms with van der Waals surface area (Å²) in [7, 11) is -3.92. The standard InChI is InChI=1S/C43H76O3Si2/c1-15-16-26-43(27-28-43)39(44)24-19-31(2)36-22-23-37-33(18-17-25-42(36,37)10)20-21-34-29-35(45-47(11,12)40(4,5)6)30-38(32(34)3)46-48(13,14)41(7,8)9/h19-21,24,31,35-39,44H,3,15-18,22-23,25-30H2,1-2,4-14H3/t31-,35-,36-,37+,38+,39+,42-/m1/s1. The molecule has 0 radical (unpaired) electrons. The zero-order valence-corrected chi connectivity index (χ0v) is 35.7. The number of hydrogen-bond acceptors (Lipinski definition) is 3. The van der Waals surface area contributed by atoms with E-state index in [1.165, 1.54) is 75.4 Å². The van der Waals surface area contributed by atoms with E-state index < -0.39 is 16.6 Å². The first-order valence-electron chi connectivity index (χ1n) is 19.9. The second-order valence-electron chi connectivity index (χ2n) is 20.0. The van der Waals surface area contributed by atoms with E-state index in [9.17, 15) is 5.11 Å². The molecular weight excluding hydrogens is 621 g/mol. The van der Waals surface area contributed by atoms with E-state index in [1.807, 2.05) is 0 Å². The van der Waals surface area contributed by atoms with Gasteiger partial charge in [-0.2, -0.15) is 0 Å². The van der Waals surface area contributed by atoms with Gasteiger partial charge in [0.15, 0.2) is 16.6 Å². The molecule has 0 heterocycles. The maximum Gasteiger partial charge on any atom is 0.192 e. The van der Waals surface area contributed by atoms with Crippen LogP contribution in [0.15, 0.2) is 47.6 Å². The second-order valence-corrected chi connectivity index (χ2v) is 29.5. The van der Waals surface area contributed by atoms with Gasteiger partial charge in [-0.25, -0.2) is 0 Å². The van der Waals surface area contributed by atoms with Crippen molar-refractivity contribution in [2.45, 2.75) is 194 Å². The normalized spacial score (nSPS) is 33.0. The summed E-state index contributed by atoms with van der Waals surface area (Å²) in [4.78, 5) is 0. The zero-order chi connectivity index (χ0) is 35.9. The van der Waals surface area contributed by atoms with Gasteiger partial charge in [0.2, 0.25) is 0 Å². The number of aliphatic hydroxyl groups is 1. The highest BCUT2D eigenvalue weighted by atomic mass is 28.4. The van der Waals surface area contributed by atoms with E-state index in [0.717, 1.165) is 12.8 Å². The van der Waals surface area contributed by atoms with Crippen LogP contribution >= 0.6 is 0 Å². The van der Waals surface area contributed by atoms with Crippen LogP contribution in [0.1, 0.15) is 139 Å². The van der Waals surface area contributed by atoms with Crippen molar-refractivity contribution in [2.24, 2.45) is 28.6 Å². The van der Waals surface area contributed by atoms with Gasteiger partial charge in [0, 0.05) is 6.42 Å². The van der Waals surface area contributed by atoms with Gasteiger partial charge in [-0.3, -0.25) is 0 Å². The molecule has 0 unspecified atom stereocenters. The highest BCUT2D eigenvalue weighted by Crippen LogP contribution is 2.60. The number of fused-ring (bicyclic) bond motifs is 1. The SMILES string of the molecule is C=C1C(=CC=C2CCC[C@]3(C)[C@@H]([C@H](C)C=C[C@H](O)C4(CCCC)CC4)CC[C@@H]23)C[C@@H](O[Si](C)(C)C(C)(C)C)C[C@@H]1O[Si](C)(C)C(C)(C)C. The minimum atomic E-state index is -1.99. The number of unbranched alkanes of at least 4 members (excludes halogenated alkanes) is 1. The lowest BCUT2D eigenvalue weighted by atomic mass is 9.61. The molecule has 4 saturated carbocycles. The van der Waals surface area contributed by atoms with Gasteiger partial charge in [-0.05, 0) is 134 Å². The maximum absolute atomic E-state index is 11.1. The molecule has 5 heteroatoms. The molecular formula is C43H76O3Si2. The molecule has 3 nitrogen and oxygen atoms in total. The van der Waals surface area contributed by atoms with Gasteiger partial charge >= 0.3 is 0 Å². The monoisotopic (exact) mass is 697 g/mol. The van der Waals surface area contributed by atoms with Crippen molar-refractivity contribution < 1.29 is 14.0 Å². The molecule has 4 rings (SSSR count). The van der Waals surface area contributed by atoms with Crippen molar-refractivity contribution in [1.29, 1.82) is 0 Å². The van der Waals surface area contributed by atoms with E-state index in [1.54, 1.807) is 5.57 Å². The minimum absolute atomic E-state index is 0.0197. The van der Waals surface area contributed by atoms with Crippen molar-refractivity contribution in [3.8, 4) is 0 Å². The first kappa shape index (κ1) is 40.1. The molecule has 4 aliphatic rings. The Morgan fingerprint density at radius 3 is 2.15 bits per heavy atom. The van der Waals surface area contributed by atoms with Gasteiger partial charge in [-0.1, -0.05) is 112 Å². The number of aliphatic hydroxyl groups excluding tert-OH is 1. The van der Waals surface area contributed by atoms with Gasteiger partial charge in [0.1, 0.15) is 0 Å². The molecule has 48 heavy (non-hydrogen) atoms. The molecule has 1 N–H and O–H groups in total. The Hall–Kier alpha value is -0.726. The summed E-state index contributed by atoms with van der Waals surface area (Å²) < 4.78 is 14.2. The molecule has 4 aliphatic carbocycles. The van der Waals surface area contributed by atoms with Crippen LogP contribution in [0.2, 0.25) is 36.3 Å². The van der Waals surface area contributed by atoms with Crippen molar-refractivity contribution in [1.82, 2.24) is 0 Å². The summed E-state index contributed by atoms with van der Waals surface area (Å²) in [5, 5.41) is 11.5. The Balaban J connectivity index is 1.54. The van der Waals surface area contributed by atoms with Gasteiger partial charge in [-0.15, -0.1) is 0 Å². The third kappa shape index (κ3) is 8.65. The van der Waals surface area contributed by atoms with Crippen LogP contribution in [0, 0.1) is 28.6 Å². The molecule has 7 atom stereocenters. The lowest BCUT2D eigenvalue weighted by molar-refractivity contribution is 0.0969. The second kappa shape index (κ2) is 14.7. The Bertz CT molecular complexity index is 1220. The molecule has 0 spiro atoms. The first-order chi connectivity index (χ1) is 22.1. The predicted octanol–water partition coefficient (Wildman–Crippen LogP) is 12.7. The maximum atomic E-state index is 11.1. The average molecular weight is 697 g/mol. The van der Waals surface area contributed by atoms with Crippen LogP contribution in [-0.2, 0) is 8.85 Å². The summed E-state index contributed by atoms with van der Waals surface area (Å²) in [6.07, 6.45) is 23.7. The van der Waals surface area contributed by atoms with Crippen LogP contribution in [0.3, 0.4) is 0 Å². The van der Waals surface area contributed by atoms with E-state index in [0.29, 0.717) is 23.2 Å². The quantitative estimate of drug-likeness (QED) is 0.163. The average Bonchev–Trinajstić information content (AvgIpc) is 3.68. The van der Waals surface area contributed by atoms with E-state index in [-0.39, 0.29) is 33.8 Å². The van der Waals surface area contributed by atoms with Crippen molar-refractivity contribution in [3.05, 3.63) is 47.6 Å². The Morgan fingerprint density at radius 2 is 1.56 bits per heavy atom. The highest BCUT2D eigenvalue weighted by molar-refractivity contribution is 6.74. The third-order valence-corrected chi connectivity index (χ3v) is 23.6. The molecule has 0 aliphatic heterocycles. The molecule has 274 valence electrons. The molecule has 0 aromatic heterocycles. The molecule has 0 saturated heterocycles. The van der Waals surface area contributed by atoms with Crippen molar-refractivity contribution in [2.75, 3.05) is 0 Å². The fourth-order valence-corrected chi connectivity index (χ4v) is 11.6. The number of hydrogen-bond donors (Lipinski definition) is 1. The smallest absolute Gasteiger partial charge is 0.192 e. The molecule has 0 aromatic carbocycles. The number of allylic oxidation sites excluding steroid dienone is 4. The van der Waals surface area contributed by atoms with Crippen molar-refractivity contribution in [3.63, 3.8) is 0 Å². The Kier molecular flexibility index (Phi) is 12.3. The summed E-state index contributed by atoms with van der Waals surface area (Å²) in [6, 6.07) is 0. The largest absolute Gasteiger partial charge is 0.413 e. The van der Waals surface area contributed by atoms with Crippen molar-refractivity contribution >= 4 is 16.6 Å². The zero-order valence-electron chi connectivity index (χ0n) is 33.7. The highest BCUT2D eigenvalue weighted by Gasteiger charge is 2.51. The molecule has 0 amide bonds. The first-order valence-corrected chi connectivity index (χ1v) is 25.7.